The van der Waals surface area contributed by atoms with Crippen LogP contribution >= 0.6 is 0 Å². The van der Waals surface area contributed by atoms with Crippen molar-refractivity contribution in [2.24, 2.45) is 5.41 Å². The Kier molecular flexibility index (Phi) is 4.35. The van der Waals surface area contributed by atoms with Crippen LogP contribution in [0.1, 0.15) is 61.1 Å². The van der Waals surface area contributed by atoms with Crippen LogP contribution in [0.4, 0.5) is 5.69 Å². The SMILES string of the molecule is CC1(C(=O)N2CCC(n3cc(CN4C(=O)c5cccc6cccc4c56)nn3)CC2)CCC1. The van der Waals surface area contributed by atoms with Gasteiger partial charge in [0.05, 0.1) is 24.5 Å². The summed E-state index contributed by atoms with van der Waals surface area (Å²) in [6.07, 6.45) is 6.94. The largest absolute Gasteiger partial charge is 0.342 e. The molecule has 164 valence electrons. The van der Waals surface area contributed by atoms with E-state index in [0.29, 0.717) is 12.5 Å². The number of anilines is 1. The molecular weight excluding hydrogens is 402 g/mol. The molecule has 6 rings (SSSR count). The maximum Gasteiger partial charge on any atom is 0.259 e. The van der Waals surface area contributed by atoms with Gasteiger partial charge in [0.2, 0.25) is 5.91 Å². The molecule has 2 aromatic carbocycles. The third-order valence-electron chi connectivity index (χ3n) is 7.63. The molecular formula is C25H27N5O2. The van der Waals surface area contributed by atoms with Gasteiger partial charge in [0.15, 0.2) is 0 Å². The molecule has 0 N–H and O–H groups in total. The smallest absolute Gasteiger partial charge is 0.259 e. The van der Waals surface area contributed by atoms with Crippen LogP contribution in [-0.2, 0) is 11.3 Å². The van der Waals surface area contributed by atoms with Gasteiger partial charge in [0.25, 0.3) is 5.91 Å². The van der Waals surface area contributed by atoms with E-state index in [4.69, 9.17) is 0 Å². The van der Waals surface area contributed by atoms with Crippen LogP contribution in [-0.4, -0.2) is 44.8 Å². The molecule has 3 aliphatic rings. The Balaban J connectivity index is 1.14. The molecule has 1 saturated carbocycles. The second-order valence-electron chi connectivity index (χ2n) is 9.70. The van der Waals surface area contributed by atoms with Crippen molar-refractivity contribution in [3.05, 3.63) is 53.9 Å². The lowest BCUT2D eigenvalue weighted by molar-refractivity contribution is -0.147. The van der Waals surface area contributed by atoms with Crippen LogP contribution in [0, 0.1) is 5.41 Å². The predicted molar refractivity (Wildman–Crippen MR) is 121 cm³/mol. The van der Waals surface area contributed by atoms with Crippen LogP contribution in [0.3, 0.4) is 0 Å². The Morgan fingerprint density at radius 3 is 2.59 bits per heavy atom. The van der Waals surface area contributed by atoms with E-state index in [-0.39, 0.29) is 17.4 Å². The van der Waals surface area contributed by atoms with Crippen molar-refractivity contribution in [3.63, 3.8) is 0 Å². The molecule has 2 amide bonds. The second kappa shape index (κ2) is 7.15. The predicted octanol–water partition coefficient (Wildman–Crippen LogP) is 3.95. The van der Waals surface area contributed by atoms with Crippen LogP contribution in [0.25, 0.3) is 10.8 Å². The minimum atomic E-state index is -0.129. The second-order valence-corrected chi connectivity index (χ2v) is 9.70. The van der Waals surface area contributed by atoms with Crippen molar-refractivity contribution >= 4 is 28.3 Å². The minimum Gasteiger partial charge on any atom is -0.342 e. The van der Waals surface area contributed by atoms with Crippen molar-refractivity contribution < 1.29 is 9.59 Å². The van der Waals surface area contributed by atoms with Gasteiger partial charge in [-0.15, -0.1) is 5.10 Å². The summed E-state index contributed by atoms with van der Waals surface area (Å²) >= 11 is 0. The molecule has 0 unspecified atom stereocenters. The minimum absolute atomic E-state index is 0.0164. The first kappa shape index (κ1) is 19.5. The van der Waals surface area contributed by atoms with Crippen LogP contribution < -0.4 is 4.90 Å². The first-order valence-electron chi connectivity index (χ1n) is 11.6. The number of piperidine rings is 1. The highest BCUT2D eigenvalue weighted by molar-refractivity contribution is 6.24. The van der Waals surface area contributed by atoms with Gasteiger partial charge in [0, 0.05) is 29.5 Å². The lowest BCUT2D eigenvalue weighted by Gasteiger charge is -2.43. The molecule has 7 heteroatoms. The highest BCUT2D eigenvalue weighted by Crippen LogP contribution is 2.42. The molecule has 7 nitrogen and oxygen atoms in total. The van der Waals surface area contributed by atoms with Gasteiger partial charge >= 0.3 is 0 Å². The van der Waals surface area contributed by atoms with Crippen LogP contribution in [0.5, 0.6) is 0 Å². The van der Waals surface area contributed by atoms with E-state index < -0.39 is 0 Å². The van der Waals surface area contributed by atoms with Crippen LogP contribution in [0.2, 0.25) is 0 Å². The molecule has 0 atom stereocenters. The summed E-state index contributed by atoms with van der Waals surface area (Å²) in [5.41, 5.74) is 2.34. The van der Waals surface area contributed by atoms with Crippen molar-refractivity contribution in [2.45, 2.75) is 51.6 Å². The van der Waals surface area contributed by atoms with Gasteiger partial charge in [0.1, 0.15) is 5.69 Å². The summed E-state index contributed by atoms with van der Waals surface area (Å²) in [4.78, 5) is 29.7. The molecule has 3 aromatic rings. The van der Waals surface area contributed by atoms with E-state index in [9.17, 15) is 9.59 Å². The van der Waals surface area contributed by atoms with Gasteiger partial charge in [-0.2, -0.15) is 0 Å². The van der Waals surface area contributed by atoms with Gasteiger partial charge in [-0.3, -0.25) is 9.59 Å². The van der Waals surface area contributed by atoms with Gasteiger partial charge in [-0.1, -0.05) is 42.8 Å². The first-order valence-corrected chi connectivity index (χ1v) is 11.6. The molecule has 0 radical (unpaired) electrons. The highest BCUT2D eigenvalue weighted by atomic mass is 16.2. The Morgan fingerprint density at radius 1 is 1.12 bits per heavy atom. The zero-order valence-electron chi connectivity index (χ0n) is 18.3. The first-order chi connectivity index (χ1) is 15.5. The quantitative estimate of drug-likeness (QED) is 0.630. The number of rotatable bonds is 4. The number of hydrogen-bond donors (Lipinski definition) is 0. The Labute approximate surface area is 187 Å². The van der Waals surface area contributed by atoms with Crippen molar-refractivity contribution in [2.75, 3.05) is 18.0 Å². The summed E-state index contributed by atoms with van der Waals surface area (Å²) in [6.45, 7) is 4.06. The Bertz CT molecular complexity index is 1210. The van der Waals surface area contributed by atoms with Gasteiger partial charge in [-0.25, -0.2) is 4.68 Å². The molecule has 2 fully saturated rings. The Hall–Kier alpha value is -3.22. The molecule has 0 spiro atoms. The van der Waals surface area contributed by atoms with Crippen molar-refractivity contribution in [1.82, 2.24) is 19.9 Å². The fourth-order valence-corrected chi connectivity index (χ4v) is 5.50. The fraction of sp³-hybridized carbons (Fsp3) is 0.440. The summed E-state index contributed by atoms with van der Waals surface area (Å²) < 4.78 is 1.93. The number of likely N-dealkylation sites (tertiary alicyclic amines) is 1. The van der Waals surface area contributed by atoms with Crippen LogP contribution in [0.15, 0.2) is 42.6 Å². The average molecular weight is 430 g/mol. The molecule has 1 aromatic heterocycles. The average Bonchev–Trinajstić information content (AvgIpc) is 3.38. The summed E-state index contributed by atoms with van der Waals surface area (Å²) in [7, 11) is 0. The van der Waals surface area contributed by atoms with Gasteiger partial charge in [-0.05, 0) is 43.2 Å². The summed E-state index contributed by atoms with van der Waals surface area (Å²) in [5, 5.41) is 10.8. The van der Waals surface area contributed by atoms with E-state index in [2.05, 4.69) is 17.2 Å². The maximum atomic E-state index is 13.0. The molecule has 1 aliphatic carbocycles. The molecule has 32 heavy (non-hydrogen) atoms. The van der Waals surface area contributed by atoms with E-state index in [0.717, 1.165) is 66.5 Å². The third-order valence-corrected chi connectivity index (χ3v) is 7.63. The lowest BCUT2D eigenvalue weighted by Crippen LogP contribution is -2.49. The topological polar surface area (TPSA) is 71.3 Å². The zero-order chi connectivity index (χ0) is 21.9. The normalized spacial score (nSPS) is 20.1. The molecule has 3 heterocycles. The van der Waals surface area contributed by atoms with E-state index in [1.165, 1.54) is 6.42 Å². The lowest BCUT2D eigenvalue weighted by atomic mass is 9.69. The number of aromatic nitrogens is 3. The number of nitrogens with zero attached hydrogens (tertiary/aromatic N) is 5. The van der Waals surface area contributed by atoms with E-state index >= 15 is 0 Å². The fourth-order valence-electron chi connectivity index (χ4n) is 5.50. The third kappa shape index (κ3) is 2.94. The number of amides is 2. The number of benzene rings is 2. The van der Waals surface area contributed by atoms with Crippen molar-refractivity contribution in [1.29, 1.82) is 0 Å². The monoisotopic (exact) mass is 429 g/mol. The number of carbonyl (C=O) groups is 2. The Morgan fingerprint density at radius 2 is 1.88 bits per heavy atom. The van der Waals surface area contributed by atoms with Crippen molar-refractivity contribution in [3.8, 4) is 0 Å². The standard InChI is InChI=1S/C25H27N5O2/c1-25(11-4-12-25)24(32)28-13-9-19(10-14-28)30-16-18(26-27-30)15-29-21-8-3-6-17-5-2-7-20(22(17)21)23(29)31/h2-3,5-8,16,19H,4,9-15H2,1H3. The summed E-state index contributed by atoms with van der Waals surface area (Å²) in [6, 6.07) is 12.1. The molecule has 2 aliphatic heterocycles. The van der Waals surface area contributed by atoms with Gasteiger partial charge < -0.3 is 9.80 Å². The number of carbonyl (C=O) groups excluding carboxylic acids is 2. The molecule has 1 saturated heterocycles. The molecule has 0 bridgehead atoms. The van der Waals surface area contributed by atoms with E-state index in [1.807, 2.05) is 52.2 Å². The summed E-state index contributed by atoms with van der Waals surface area (Å²) in [5.74, 6) is 0.338. The zero-order valence-corrected chi connectivity index (χ0v) is 18.3. The number of hydrogen-bond acceptors (Lipinski definition) is 4. The maximum absolute atomic E-state index is 13.0. The highest BCUT2D eigenvalue weighted by Gasteiger charge is 2.42. The van der Waals surface area contributed by atoms with E-state index in [1.54, 1.807) is 4.90 Å².